The first-order chi connectivity index (χ1) is 20.8. The van der Waals surface area contributed by atoms with Gasteiger partial charge in [-0.05, 0) is 55.6 Å². The molecule has 1 heterocycles. The van der Waals surface area contributed by atoms with E-state index in [0.29, 0.717) is 37.9 Å². The normalized spacial score (nSPS) is 19.2. The Morgan fingerprint density at radius 3 is 2.33 bits per heavy atom. The second kappa shape index (κ2) is 16.3. The van der Waals surface area contributed by atoms with Crippen LogP contribution in [0, 0.1) is 0 Å². The predicted octanol–water partition coefficient (Wildman–Crippen LogP) is 6.78. The van der Waals surface area contributed by atoms with Gasteiger partial charge < -0.3 is 25.0 Å². The third kappa shape index (κ3) is 10.0. The number of aliphatic carboxylic acids is 1. The van der Waals surface area contributed by atoms with Gasteiger partial charge in [0.15, 0.2) is 6.29 Å². The van der Waals surface area contributed by atoms with Gasteiger partial charge >= 0.3 is 5.97 Å². The number of likely N-dealkylation sites (N-methyl/N-ethyl adjacent to an activating group) is 1. The molecule has 1 aliphatic heterocycles. The Labute approximate surface area is 254 Å². The van der Waals surface area contributed by atoms with E-state index < -0.39 is 12.3 Å². The fourth-order valence-electron chi connectivity index (χ4n) is 5.40. The van der Waals surface area contributed by atoms with E-state index in [1.807, 2.05) is 54.6 Å². The third-order valence-electron chi connectivity index (χ3n) is 8.04. The molecule has 1 fully saturated rings. The van der Waals surface area contributed by atoms with Crippen molar-refractivity contribution in [1.29, 1.82) is 0 Å². The first kappa shape index (κ1) is 32.4. The molecule has 0 aliphatic carbocycles. The molecule has 0 bridgehead atoms. The molecule has 43 heavy (non-hydrogen) atoms. The zero-order valence-electron chi connectivity index (χ0n) is 25.2. The van der Waals surface area contributed by atoms with Crippen LogP contribution in [0.2, 0.25) is 0 Å². The summed E-state index contributed by atoms with van der Waals surface area (Å²) in [6, 6.07) is 26.1. The summed E-state index contributed by atoms with van der Waals surface area (Å²) in [5.41, 5.74) is 4.63. The van der Waals surface area contributed by atoms with Crippen molar-refractivity contribution in [3.63, 3.8) is 0 Å². The summed E-state index contributed by atoms with van der Waals surface area (Å²) in [4.78, 5) is 25.5. The lowest BCUT2D eigenvalue weighted by Gasteiger charge is -2.39. The molecular formula is C35H44N2O6. The molecule has 8 nitrogen and oxygen atoms in total. The quantitative estimate of drug-likeness (QED) is 0.168. The van der Waals surface area contributed by atoms with Gasteiger partial charge in [0.1, 0.15) is 0 Å². The molecule has 0 aromatic heterocycles. The zero-order valence-corrected chi connectivity index (χ0v) is 25.2. The van der Waals surface area contributed by atoms with Crippen molar-refractivity contribution < 1.29 is 29.3 Å². The van der Waals surface area contributed by atoms with Crippen molar-refractivity contribution in [2.75, 3.05) is 18.9 Å². The lowest BCUT2D eigenvalue weighted by molar-refractivity contribution is -0.253. The Bertz CT molecular complexity index is 1300. The van der Waals surface area contributed by atoms with Gasteiger partial charge in [-0.3, -0.25) is 14.5 Å². The van der Waals surface area contributed by atoms with Crippen molar-refractivity contribution in [2.45, 2.75) is 83.0 Å². The summed E-state index contributed by atoms with van der Waals surface area (Å²) in [6.45, 7) is 2.90. The van der Waals surface area contributed by atoms with Gasteiger partial charge in [0, 0.05) is 43.1 Å². The highest BCUT2D eigenvalue weighted by Gasteiger charge is 2.33. The van der Waals surface area contributed by atoms with Crippen molar-refractivity contribution in [2.24, 2.45) is 0 Å². The van der Waals surface area contributed by atoms with E-state index in [-0.39, 0.29) is 37.2 Å². The highest BCUT2D eigenvalue weighted by molar-refractivity contribution is 5.90. The van der Waals surface area contributed by atoms with Crippen molar-refractivity contribution in [1.82, 2.24) is 4.90 Å². The maximum absolute atomic E-state index is 12.6. The minimum absolute atomic E-state index is 0.00836. The number of aliphatic hydroxyl groups is 1. The number of carboxylic acid groups (broad SMARTS) is 1. The average molecular weight is 589 g/mol. The van der Waals surface area contributed by atoms with Gasteiger partial charge in [0.2, 0.25) is 5.91 Å². The number of nitrogens with one attached hydrogen (secondary N) is 1. The number of carbonyl (C=O) groups excluding carboxylic acids is 1. The molecule has 1 amide bonds. The highest BCUT2D eigenvalue weighted by Crippen LogP contribution is 2.39. The predicted molar refractivity (Wildman–Crippen MR) is 166 cm³/mol. The summed E-state index contributed by atoms with van der Waals surface area (Å²) >= 11 is 0. The molecule has 4 atom stereocenters. The molecule has 1 aliphatic rings. The Hall–Kier alpha value is -3.56. The van der Waals surface area contributed by atoms with Crippen LogP contribution in [0.4, 0.5) is 5.69 Å². The molecule has 0 radical (unpaired) electrons. The maximum Gasteiger partial charge on any atom is 0.303 e. The van der Waals surface area contributed by atoms with Gasteiger partial charge in [-0.2, -0.15) is 0 Å². The van der Waals surface area contributed by atoms with E-state index >= 15 is 0 Å². The molecule has 3 N–H and O–H groups in total. The lowest BCUT2D eigenvalue weighted by atomic mass is 9.99. The second-order valence-corrected chi connectivity index (χ2v) is 11.4. The molecule has 8 heteroatoms. The lowest BCUT2D eigenvalue weighted by Crippen LogP contribution is -2.38. The molecule has 3 aromatic rings. The molecule has 4 rings (SSSR count). The Kier molecular flexibility index (Phi) is 12.3. The molecule has 0 saturated carbocycles. The van der Waals surface area contributed by atoms with Gasteiger partial charge in [0.05, 0.1) is 18.8 Å². The van der Waals surface area contributed by atoms with Gasteiger partial charge in [-0.25, -0.2) is 0 Å². The monoisotopic (exact) mass is 588 g/mol. The van der Waals surface area contributed by atoms with Crippen LogP contribution in [0.5, 0.6) is 0 Å². The van der Waals surface area contributed by atoms with Crippen molar-refractivity contribution >= 4 is 17.6 Å². The number of carbonyl (C=O) groups is 2. The smallest absolute Gasteiger partial charge is 0.303 e. The van der Waals surface area contributed by atoms with E-state index in [1.54, 1.807) is 0 Å². The van der Waals surface area contributed by atoms with Gasteiger partial charge in [-0.15, -0.1) is 0 Å². The van der Waals surface area contributed by atoms with Crippen LogP contribution in [0.3, 0.4) is 0 Å². The third-order valence-corrected chi connectivity index (χ3v) is 8.04. The number of rotatable bonds is 15. The number of nitrogens with zero attached hydrogens (tertiary/aromatic N) is 1. The molecule has 4 unspecified atom stereocenters. The summed E-state index contributed by atoms with van der Waals surface area (Å²) in [5.74, 6) is -0.855. The van der Waals surface area contributed by atoms with E-state index in [2.05, 4.69) is 48.5 Å². The van der Waals surface area contributed by atoms with Crippen molar-refractivity contribution in [3.05, 3.63) is 101 Å². The van der Waals surface area contributed by atoms with Gasteiger partial charge in [0.25, 0.3) is 0 Å². The summed E-state index contributed by atoms with van der Waals surface area (Å²) in [7, 11) is 2.11. The standard InChI is InChI=1S/C35H44N2O6/c1-25(27-11-6-5-7-12-27)37(2)23-31-22-32(28-19-17-26(24-38)18-20-28)43-35(42-31)29-13-10-14-30(21-29)36-33(39)15-8-3-4-9-16-34(40)41/h5-7,10-14,17-21,25,31-32,35,38H,3-4,8-9,15-16,22-24H2,1-2H3,(H,36,39)(H,40,41). The van der Waals surface area contributed by atoms with Crippen LogP contribution in [0.1, 0.15) is 92.6 Å². The Morgan fingerprint density at radius 2 is 1.63 bits per heavy atom. The zero-order chi connectivity index (χ0) is 30.6. The Balaban J connectivity index is 1.43. The first-order valence-corrected chi connectivity index (χ1v) is 15.2. The summed E-state index contributed by atoms with van der Waals surface area (Å²) in [5, 5.41) is 21.2. The van der Waals surface area contributed by atoms with E-state index in [4.69, 9.17) is 14.6 Å². The van der Waals surface area contributed by atoms with Crippen LogP contribution < -0.4 is 5.32 Å². The summed E-state index contributed by atoms with van der Waals surface area (Å²) in [6.07, 6.45) is 3.29. The number of anilines is 1. The van der Waals surface area contributed by atoms with Crippen molar-refractivity contribution in [3.8, 4) is 0 Å². The topological polar surface area (TPSA) is 108 Å². The van der Waals surface area contributed by atoms with Crippen LogP contribution in [0.25, 0.3) is 0 Å². The van der Waals surface area contributed by atoms with Crippen LogP contribution in [-0.2, 0) is 25.7 Å². The van der Waals surface area contributed by atoms with Crippen LogP contribution in [-0.4, -0.2) is 46.7 Å². The van der Waals surface area contributed by atoms with Crippen LogP contribution in [0.15, 0.2) is 78.9 Å². The van der Waals surface area contributed by atoms with E-state index in [9.17, 15) is 14.7 Å². The van der Waals surface area contributed by atoms with Gasteiger partial charge in [-0.1, -0.05) is 79.6 Å². The molecular weight excluding hydrogens is 544 g/mol. The minimum atomic E-state index is -0.783. The number of carboxylic acids is 1. The fraction of sp³-hybridized carbons (Fsp3) is 0.429. The summed E-state index contributed by atoms with van der Waals surface area (Å²) < 4.78 is 13.1. The van der Waals surface area contributed by atoms with Crippen LogP contribution >= 0.6 is 0 Å². The molecule has 0 spiro atoms. The second-order valence-electron chi connectivity index (χ2n) is 11.4. The first-order valence-electron chi connectivity index (χ1n) is 15.2. The average Bonchev–Trinajstić information content (AvgIpc) is 3.02. The number of aliphatic hydroxyl groups excluding tert-OH is 1. The van der Waals surface area contributed by atoms with E-state index in [0.717, 1.165) is 29.5 Å². The molecule has 1 saturated heterocycles. The SMILES string of the molecule is CC(c1ccccc1)N(C)CC1CC(c2ccc(CO)cc2)OC(c2cccc(NC(=O)CCCCCCC(=O)O)c2)O1. The number of hydrogen-bond acceptors (Lipinski definition) is 6. The Morgan fingerprint density at radius 1 is 0.907 bits per heavy atom. The number of ether oxygens (including phenoxy) is 2. The van der Waals surface area contributed by atoms with E-state index in [1.165, 1.54) is 5.56 Å². The minimum Gasteiger partial charge on any atom is -0.481 e. The maximum atomic E-state index is 12.6. The molecule has 3 aromatic carbocycles. The number of hydrogen-bond donors (Lipinski definition) is 3. The number of benzene rings is 3. The fourth-order valence-corrected chi connectivity index (χ4v) is 5.40. The molecule has 230 valence electrons. The largest absolute Gasteiger partial charge is 0.481 e. The number of amides is 1. The highest BCUT2D eigenvalue weighted by atomic mass is 16.7. The number of unbranched alkanes of at least 4 members (excludes halogenated alkanes) is 3.